The molecule has 9 heteroatoms. The lowest BCUT2D eigenvalue weighted by Crippen LogP contribution is -2.49. The molecule has 2 aliphatic carbocycles. The van der Waals surface area contributed by atoms with Crippen molar-refractivity contribution in [1.29, 1.82) is 0 Å². The highest BCUT2D eigenvalue weighted by molar-refractivity contribution is 5.77. The Morgan fingerprint density at radius 1 is 1.26 bits per heavy atom. The van der Waals surface area contributed by atoms with Gasteiger partial charge in [-0.1, -0.05) is 31.3 Å². The third-order valence-electron chi connectivity index (χ3n) is 10.5. The lowest BCUT2D eigenvalue weighted by molar-refractivity contribution is -0.153. The number of aliphatic hydroxyl groups is 1. The van der Waals surface area contributed by atoms with E-state index in [4.69, 9.17) is 15.2 Å². The van der Waals surface area contributed by atoms with Gasteiger partial charge in [-0.3, -0.25) is 9.79 Å². The summed E-state index contributed by atoms with van der Waals surface area (Å²) >= 11 is 0. The number of benzene rings is 1. The number of aromatic hydroxyl groups is 1. The summed E-state index contributed by atoms with van der Waals surface area (Å²) in [5, 5.41) is 29.3. The highest BCUT2D eigenvalue weighted by Gasteiger charge is 2.45. The maximum Gasteiger partial charge on any atom is 0.302 e. The summed E-state index contributed by atoms with van der Waals surface area (Å²) in [7, 11) is 1.67. The number of guanidine groups is 1. The number of carbonyl (C=O) groups excluding carboxylic acids is 1. The molecule has 1 saturated carbocycles. The minimum absolute atomic E-state index is 0.0375. The van der Waals surface area contributed by atoms with E-state index in [-0.39, 0.29) is 41.0 Å². The molecule has 0 spiro atoms. The Kier molecular flexibility index (Phi) is 10.1. The molecule has 1 saturated heterocycles. The van der Waals surface area contributed by atoms with Crippen LogP contribution in [0.4, 0.5) is 0 Å². The Morgan fingerprint density at radius 3 is 2.88 bits per heavy atom. The Hall–Kier alpha value is -2.96. The average molecular weight is 595 g/mol. The smallest absolute Gasteiger partial charge is 0.302 e. The van der Waals surface area contributed by atoms with Crippen molar-refractivity contribution in [2.75, 3.05) is 20.1 Å². The van der Waals surface area contributed by atoms with Crippen LogP contribution in [0.15, 0.2) is 23.2 Å². The number of aliphatic imine (C=N–C) groups is 1. The van der Waals surface area contributed by atoms with Crippen LogP contribution in [0.3, 0.4) is 0 Å². The van der Waals surface area contributed by atoms with E-state index in [2.05, 4.69) is 34.4 Å². The van der Waals surface area contributed by atoms with Crippen molar-refractivity contribution < 1.29 is 24.5 Å². The molecular weight excluding hydrogens is 544 g/mol. The zero-order chi connectivity index (χ0) is 30.6. The number of rotatable bonds is 3. The Balaban J connectivity index is 1.59. The van der Waals surface area contributed by atoms with Crippen LogP contribution in [0.5, 0.6) is 11.5 Å². The third-order valence-corrected chi connectivity index (χ3v) is 10.5. The van der Waals surface area contributed by atoms with Crippen molar-refractivity contribution in [3.63, 3.8) is 0 Å². The summed E-state index contributed by atoms with van der Waals surface area (Å²) in [6.07, 6.45) is 7.11. The normalized spacial score (nSPS) is 36.5. The number of aliphatic hydroxyl groups excluding tert-OH is 1. The van der Waals surface area contributed by atoms with E-state index in [1.807, 2.05) is 12.1 Å². The first-order valence-corrected chi connectivity index (χ1v) is 16.2. The standard InChI is InChI=1S/C34H50N4O5/c1-21-7-9-25-19-34(21,20-38-33(35)36-3)13-11-24-5-4-6-26-17-27(12-14-37-26)43-32-16-23(8-10-29(32)40)15-28(24)31(18-30(25)41)42-22(2)39/h8,10,16,21,24-28,30-31,37,40-41H,4-7,9,12,14-15,17-20H2,1-3H3,(H3,35,36,38)/t21-,24-,25+,26+,27-,28-,30-,31+,34-/m1/s1. The van der Waals surface area contributed by atoms with Gasteiger partial charge in [0.05, 0.1) is 11.5 Å². The summed E-state index contributed by atoms with van der Waals surface area (Å²) in [6, 6.07) is 5.88. The highest BCUT2D eigenvalue weighted by Crippen LogP contribution is 2.46. The molecule has 0 radical (unpaired) electrons. The molecule has 9 atom stereocenters. The van der Waals surface area contributed by atoms with Crippen molar-refractivity contribution in [2.24, 2.45) is 39.8 Å². The molecule has 236 valence electrons. The van der Waals surface area contributed by atoms with Crippen molar-refractivity contribution in [3.8, 4) is 23.3 Å². The van der Waals surface area contributed by atoms with Gasteiger partial charge in [0, 0.05) is 44.8 Å². The Labute approximate surface area is 256 Å². The molecule has 1 aromatic carbocycles. The molecule has 6 N–H and O–H groups in total. The largest absolute Gasteiger partial charge is 0.504 e. The van der Waals surface area contributed by atoms with Crippen molar-refractivity contribution in [1.82, 2.24) is 10.6 Å². The number of carbonyl (C=O) groups is 1. The van der Waals surface area contributed by atoms with E-state index in [9.17, 15) is 15.0 Å². The van der Waals surface area contributed by atoms with E-state index in [1.54, 1.807) is 13.1 Å². The van der Waals surface area contributed by atoms with E-state index in [0.717, 1.165) is 63.5 Å². The summed E-state index contributed by atoms with van der Waals surface area (Å²) < 4.78 is 12.4. The van der Waals surface area contributed by atoms with Crippen LogP contribution in [-0.4, -0.2) is 66.6 Å². The van der Waals surface area contributed by atoms with Crippen LogP contribution in [0.1, 0.15) is 77.2 Å². The fraction of sp³-hybridized carbons (Fsp3) is 0.706. The first kappa shape index (κ1) is 31.5. The molecule has 0 unspecified atom stereocenters. The molecule has 43 heavy (non-hydrogen) atoms. The van der Waals surface area contributed by atoms with E-state index in [1.165, 1.54) is 6.92 Å². The number of ether oxygens (including phenoxy) is 2. The average Bonchev–Trinajstić information content (AvgIpc) is 2.98. The number of nitrogens with two attached hydrogens (primary N) is 1. The van der Waals surface area contributed by atoms with Gasteiger partial charge < -0.3 is 36.1 Å². The number of piperidine rings is 1. The Bertz CT molecular complexity index is 1230. The van der Waals surface area contributed by atoms with Gasteiger partial charge in [-0.25, -0.2) is 0 Å². The predicted octanol–water partition coefficient (Wildman–Crippen LogP) is 3.51. The Morgan fingerprint density at radius 2 is 2.09 bits per heavy atom. The molecule has 5 rings (SSSR count). The van der Waals surface area contributed by atoms with E-state index in [0.29, 0.717) is 43.1 Å². The topological polar surface area (TPSA) is 138 Å². The minimum atomic E-state index is -0.624. The van der Waals surface area contributed by atoms with Crippen LogP contribution in [0.25, 0.3) is 0 Å². The quantitative estimate of drug-likeness (QED) is 0.155. The van der Waals surface area contributed by atoms with Crippen molar-refractivity contribution in [3.05, 3.63) is 23.8 Å². The number of hydrogen-bond acceptors (Lipinski definition) is 7. The number of esters is 1. The van der Waals surface area contributed by atoms with Gasteiger partial charge in [-0.15, -0.1) is 0 Å². The predicted molar refractivity (Wildman–Crippen MR) is 167 cm³/mol. The minimum Gasteiger partial charge on any atom is -0.504 e. The maximum absolute atomic E-state index is 12.5. The van der Waals surface area contributed by atoms with Gasteiger partial charge in [-0.2, -0.15) is 0 Å². The number of nitrogens with one attached hydrogen (secondary N) is 2. The van der Waals surface area contributed by atoms with Crippen molar-refractivity contribution >= 4 is 11.9 Å². The number of phenolic OH excluding ortho intramolecular Hbond substituents is 1. The monoisotopic (exact) mass is 594 g/mol. The summed E-state index contributed by atoms with van der Waals surface area (Å²) in [6.45, 7) is 5.16. The van der Waals surface area contributed by atoms with Gasteiger partial charge in [0.2, 0.25) is 0 Å². The van der Waals surface area contributed by atoms with Crippen LogP contribution in [-0.2, 0) is 16.0 Å². The first-order valence-electron chi connectivity index (χ1n) is 16.2. The van der Waals surface area contributed by atoms with E-state index < -0.39 is 12.2 Å². The van der Waals surface area contributed by atoms with Gasteiger partial charge >= 0.3 is 5.97 Å². The third kappa shape index (κ3) is 7.58. The second-order valence-corrected chi connectivity index (χ2v) is 13.4. The lowest BCUT2D eigenvalue weighted by atomic mass is 9.61. The fourth-order valence-electron chi connectivity index (χ4n) is 7.86. The van der Waals surface area contributed by atoms with E-state index >= 15 is 0 Å². The number of hydrogen-bond donors (Lipinski definition) is 5. The second kappa shape index (κ2) is 13.8. The maximum atomic E-state index is 12.5. The highest BCUT2D eigenvalue weighted by atomic mass is 16.5. The molecule has 2 fully saturated rings. The molecule has 2 aliphatic heterocycles. The van der Waals surface area contributed by atoms with Crippen LogP contribution >= 0.6 is 0 Å². The zero-order valence-electron chi connectivity index (χ0n) is 26.0. The van der Waals surface area contributed by atoms with Gasteiger partial charge in [-0.05, 0) is 87.4 Å². The van der Waals surface area contributed by atoms with Gasteiger partial charge in [0.15, 0.2) is 17.5 Å². The molecule has 0 amide bonds. The zero-order valence-corrected chi connectivity index (χ0v) is 26.0. The number of fused-ring (bicyclic) bond motifs is 7. The van der Waals surface area contributed by atoms with Crippen LogP contribution in [0.2, 0.25) is 0 Å². The molecule has 9 nitrogen and oxygen atoms in total. The molecule has 0 aromatic heterocycles. The van der Waals surface area contributed by atoms with Gasteiger partial charge in [0.1, 0.15) is 12.2 Å². The van der Waals surface area contributed by atoms with Crippen LogP contribution < -0.4 is 21.1 Å². The number of nitrogens with zero attached hydrogens (tertiary/aromatic N) is 1. The second-order valence-electron chi connectivity index (χ2n) is 13.4. The SMILES string of the molecule is CN=C(N)NC[C@]12C#C[C@H]3CCC[C@H]4C[C@@H](CCN4)Oc4cc(ccc4O)C[C@H]3[C@@H](OC(C)=O)C[C@@H](O)[C@@H](CC[C@H]1C)C2. The number of phenols is 1. The molecule has 1 aromatic rings. The molecule has 4 aliphatic rings. The molecular formula is C34H50N4O5. The molecule has 2 heterocycles. The fourth-order valence-corrected chi connectivity index (χ4v) is 7.86. The summed E-state index contributed by atoms with van der Waals surface area (Å²) in [5.74, 6) is 8.39. The van der Waals surface area contributed by atoms with Crippen LogP contribution in [0, 0.1) is 40.9 Å². The summed E-state index contributed by atoms with van der Waals surface area (Å²) in [5.41, 5.74) is 6.71. The lowest BCUT2D eigenvalue weighted by Gasteiger charge is -2.45. The van der Waals surface area contributed by atoms with Gasteiger partial charge in [0.25, 0.3) is 0 Å². The molecule has 6 bridgehead atoms. The summed E-state index contributed by atoms with van der Waals surface area (Å²) in [4.78, 5) is 16.6. The van der Waals surface area contributed by atoms with Crippen molar-refractivity contribution in [2.45, 2.75) is 102 Å². The first-order chi connectivity index (χ1) is 20.7.